The van der Waals surface area contributed by atoms with Crippen LogP contribution in [0.15, 0.2) is 30.3 Å². The monoisotopic (exact) mass is 462 g/mol. The van der Waals surface area contributed by atoms with E-state index in [1.807, 2.05) is 0 Å². The van der Waals surface area contributed by atoms with Crippen molar-refractivity contribution in [3.8, 4) is 5.75 Å². The fourth-order valence-electron chi connectivity index (χ4n) is 3.62. The molecule has 1 atom stereocenters. The first kappa shape index (κ1) is 23.8. The first-order valence-corrected chi connectivity index (χ1v) is 9.84. The molecule has 174 valence electrons. The minimum Gasteiger partial charge on any atom is -0.505 e. The number of phenols is 1. The maximum absolute atomic E-state index is 14.2. The van der Waals surface area contributed by atoms with E-state index in [1.54, 1.807) is 0 Å². The molecule has 0 saturated heterocycles. The number of amides is 1. The van der Waals surface area contributed by atoms with E-state index in [2.05, 4.69) is 5.32 Å². The zero-order valence-corrected chi connectivity index (χ0v) is 18.2. The number of aliphatic carboxylic acids is 1. The highest BCUT2D eigenvalue weighted by Crippen LogP contribution is 2.36. The van der Waals surface area contributed by atoms with Crippen LogP contribution in [0.4, 0.5) is 13.2 Å². The van der Waals surface area contributed by atoms with Gasteiger partial charge < -0.3 is 15.5 Å². The van der Waals surface area contributed by atoms with Gasteiger partial charge >= 0.3 is 5.97 Å². The summed E-state index contributed by atoms with van der Waals surface area (Å²) in [6, 6.07) is 4.48. The van der Waals surface area contributed by atoms with Crippen molar-refractivity contribution in [3.05, 3.63) is 64.6 Å². The molecule has 3 rings (SSSR count). The molecule has 0 bridgehead atoms. The molecule has 3 aromatic rings. The fourth-order valence-corrected chi connectivity index (χ4v) is 3.62. The van der Waals surface area contributed by atoms with Crippen LogP contribution in [-0.4, -0.2) is 38.1 Å². The lowest BCUT2D eigenvalue weighted by atomic mass is 9.95. The number of hydrogen-bond donors (Lipinski definition) is 3. The number of carboxylic acids is 1. The maximum atomic E-state index is 14.2. The molecule has 0 spiro atoms. The molecule has 1 amide bonds. The van der Waals surface area contributed by atoms with Crippen LogP contribution in [0.2, 0.25) is 0 Å². The van der Waals surface area contributed by atoms with E-state index in [-0.39, 0.29) is 27.7 Å². The third-order valence-electron chi connectivity index (χ3n) is 5.49. The van der Waals surface area contributed by atoms with E-state index in [4.69, 9.17) is 0 Å². The van der Waals surface area contributed by atoms with Crippen LogP contribution in [0, 0.1) is 24.4 Å². The quantitative estimate of drug-likeness (QED) is 0.534. The summed E-state index contributed by atoms with van der Waals surface area (Å²) < 4.78 is 42.3. The van der Waals surface area contributed by atoms with Crippen molar-refractivity contribution in [3.63, 3.8) is 0 Å². The van der Waals surface area contributed by atoms with Gasteiger partial charge in [0.25, 0.3) is 5.91 Å². The largest absolute Gasteiger partial charge is 0.505 e. The van der Waals surface area contributed by atoms with E-state index in [1.165, 1.54) is 27.7 Å². The summed E-state index contributed by atoms with van der Waals surface area (Å²) in [4.78, 5) is 37.4. The van der Waals surface area contributed by atoms with E-state index in [0.717, 1.165) is 28.8 Å². The topological polar surface area (TPSA) is 109 Å². The van der Waals surface area contributed by atoms with Gasteiger partial charge in [-0.2, -0.15) is 0 Å². The minimum absolute atomic E-state index is 0.00956. The second-order valence-electron chi connectivity index (χ2n) is 8.23. The second kappa shape index (κ2) is 8.27. The van der Waals surface area contributed by atoms with Crippen molar-refractivity contribution in [2.24, 2.45) is 0 Å². The van der Waals surface area contributed by atoms with E-state index in [0.29, 0.717) is 6.07 Å². The Morgan fingerprint density at radius 3 is 2.24 bits per heavy atom. The van der Waals surface area contributed by atoms with Crippen LogP contribution in [0.25, 0.3) is 10.9 Å². The first-order valence-electron chi connectivity index (χ1n) is 9.84. The number of nitrogens with one attached hydrogen (secondary N) is 1. The third-order valence-corrected chi connectivity index (χ3v) is 5.49. The van der Waals surface area contributed by atoms with Crippen molar-refractivity contribution >= 4 is 28.7 Å². The number of aromatic nitrogens is 1. The number of phenolic OH excluding ortho intramolecular Hbond substituents is 1. The number of carbonyl (C=O) groups excluding carboxylic acids is 2. The van der Waals surface area contributed by atoms with Gasteiger partial charge in [0.2, 0.25) is 5.91 Å². The number of benzene rings is 2. The molecule has 1 unspecified atom stereocenters. The zero-order chi connectivity index (χ0) is 24.8. The number of nitrogens with zero attached hydrogens (tertiary/aromatic N) is 1. The van der Waals surface area contributed by atoms with Crippen molar-refractivity contribution in [1.82, 2.24) is 9.88 Å². The SMILES string of the molecule is Cc1c(C(C)C(=O)NC(C)(C)C(=O)O)c2cc(O)c(F)cc2n1C(=O)c1ccc(F)c(F)c1. The van der Waals surface area contributed by atoms with Crippen LogP contribution >= 0.6 is 0 Å². The number of rotatable bonds is 5. The second-order valence-corrected chi connectivity index (χ2v) is 8.23. The van der Waals surface area contributed by atoms with Gasteiger partial charge in [0.1, 0.15) is 5.54 Å². The Hall–Kier alpha value is -3.82. The van der Waals surface area contributed by atoms with Crippen LogP contribution in [0.5, 0.6) is 5.75 Å². The highest BCUT2D eigenvalue weighted by Gasteiger charge is 2.33. The average molecular weight is 462 g/mol. The van der Waals surface area contributed by atoms with E-state index >= 15 is 0 Å². The summed E-state index contributed by atoms with van der Waals surface area (Å²) in [6.07, 6.45) is 0. The van der Waals surface area contributed by atoms with Crippen LogP contribution < -0.4 is 5.32 Å². The molecule has 3 N–H and O–H groups in total. The lowest BCUT2D eigenvalue weighted by Gasteiger charge is -2.23. The smallest absolute Gasteiger partial charge is 0.328 e. The predicted molar refractivity (Wildman–Crippen MR) is 113 cm³/mol. The number of hydrogen-bond acceptors (Lipinski definition) is 4. The predicted octanol–water partition coefficient (Wildman–Crippen LogP) is 3.84. The number of carboxylic acid groups (broad SMARTS) is 1. The Balaban J connectivity index is 2.21. The van der Waals surface area contributed by atoms with Gasteiger partial charge in [0.05, 0.1) is 11.4 Å². The molecule has 0 aliphatic heterocycles. The van der Waals surface area contributed by atoms with Gasteiger partial charge in [-0.1, -0.05) is 0 Å². The molecular weight excluding hydrogens is 441 g/mol. The Morgan fingerprint density at radius 2 is 1.67 bits per heavy atom. The Labute approximate surface area is 186 Å². The summed E-state index contributed by atoms with van der Waals surface area (Å²) in [6.45, 7) is 5.52. The molecular formula is C23H21F3N2O5. The number of carbonyl (C=O) groups is 3. The summed E-state index contributed by atoms with van der Waals surface area (Å²) >= 11 is 0. The Kier molecular flexibility index (Phi) is 5.97. The summed E-state index contributed by atoms with van der Waals surface area (Å²) in [5, 5.41) is 21.8. The molecule has 2 aromatic carbocycles. The van der Waals surface area contributed by atoms with Crippen LogP contribution in [-0.2, 0) is 9.59 Å². The lowest BCUT2D eigenvalue weighted by molar-refractivity contribution is -0.146. The normalized spacial score (nSPS) is 12.6. The number of halogens is 3. The lowest BCUT2D eigenvalue weighted by Crippen LogP contribution is -2.50. The highest BCUT2D eigenvalue weighted by molar-refractivity contribution is 6.06. The van der Waals surface area contributed by atoms with Crippen molar-refractivity contribution in [2.45, 2.75) is 39.2 Å². The molecule has 0 radical (unpaired) electrons. The molecule has 0 aliphatic rings. The zero-order valence-electron chi connectivity index (χ0n) is 18.2. The fraction of sp³-hybridized carbons (Fsp3) is 0.261. The summed E-state index contributed by atoms with van der Waals surface area (Å²) in [5.41, 5.74) is -1.41. The van der Waals surface area contributed by atoms with Crippen molar-refractivity contribution in [1.29, 1.82) is 0 Å². The van der Waals surface area contributed by atoms with Crippen LogP contribution in [0.3, 0.4) is 0 Å². The third kappa shape index (κ3) is 4.15. The first-order chi connectivity index (χ1) is 15.3. The maximum Gasteiger partial charge on any atom is 0.328 e. The minimum atomic E-state index is -1.59. The van der Waals surface area contributed by atoms with Gasteiger partial charge in [-0.05, 0) is 57.5 Å². The molecule has 10 heteroatoms. The van der Waals surface area contributed by atoms with Gasteiger partial charge in [0.15, 0.2) is 23.2 Å². The van der Waals surface area contributed by atoms with Crippen molar-refractivity contribution < 1.29 is 37.8 Å². The Morgan fingerprint density at radius 1 is 1.03 bits per heavy atom. The molecule has 7 nitrogen and oxygen atoms in total. The van der Waals surface area contributed by atoms with Crippen molar-refractivity contribution in [2.75, 3.05) is 0 Å². The van der Waals surface area contributed by atoms with Gasteiger partial charge in [-0.15, -0.1) is 0 Å². The van der Waals surface area contributed by atoms with Gasteiger partial charge in [0, 0.05) is 22.7 Å². The molecule has 1 aromatic heterocycles. The standard InChI is InChI=1S/C23H21F3N2O5/c1-10(20(30)27-23(3,4)22(32)33)19-11(2)28(17-9-16(26)18(29)8-13(17)19)21(31)12-5-6-14(24)15(25)7-12/h5-10,29H,1-4H3,(H,27,30)(H,32,33). The number of fused-ring (bicyclic) bond motifs is 1. The van der Waals surface area contributed by atoms with E-state index in [9.17, 15) is 37.8 Å². The average Bonchev–Trinajstić information content (AvgIpc) is 2.99. The highest BCUT2D eigenvalue weighted by atomic mass is 19.2. The molecule has 0 aliphatic carbocycles. The summed E-state index contributed by atoms with van der Waals surface area (Å²) in [7, 11) is 0. The molecule has 0 saturated carbocycles. The van der Waals surface area contributed by atoms with E-state index < -0.39 is 52.4 Å². The number of aromatic hydroxyl groups is 1. The van der Waals surface area contributed by atoms with Gasteiger partial charge in [-0.3, -0.25) is 14.2 Å². The van der Waals surface area contributed by atoms with Gasteiger partial charge in [-0.25, -0.2) is 18.0 Å². The molecule has 33 heavy (non-hydrogen) atoms. The Bertz CT molecular complexity index is 1310. The summed E-state index contributed by atoms with van der Waals surface area (Å²) in [5.74, 6) is -7.94. The molecule has 1 heterocycles. The van der Waals surface area contributed by atoms with Crippen LogP contribution in [0.1, 0.15) is 48.3 Å². The molecule has 0 fully saturated rings.